The third kappa shape index (κ3) is 6.59. The fourth-order valence-corrected chi connectivity index (χ4v) is 7.51. The van der Waals surface area contributed by atoms with Gasteiger partial charge in [0.1, 0.15) is 5.82 Å². The zero-order valence-electron chi connectivity index (χ0n) is 22.8. The van der Waals surface area contributed by atoms with Crippen molar-refractivity contribution in [3.8, 4) is 0 Å². The number of carbonyl (C=O) groups is 1. The number of aliphatic hydroxyl groups is 1. The molecule has 38 heavy (non-hydrogen) atoms. The van der Waals surface area contributed by atoms with Gasteiger partial charge in [-0.05, 0) is 47.3 Å². The maximum atomic E-state index is 14.0. The summed E-state index contributed by atoms with van der Waals surface area (Å²) >= 11 is 0. The molecule has 1 N–H and O–H groups in total. The lowest BCUT2D eigenvalue weighted by atomic mass is 9.73. The van der Waals surface area contributed by atoms with Gasteiger partial charge in [-0.3, -0.25) is 4.79 Å². The molecule has 1 aliphatic heterocycles. The van der Waals surface area contributed by atoms with Gasteiger partial charge in [0.2, 0.25) is 15.3 Å². The number of carbonyl (C=O) groups excluding carboxylic acids is 1. The highest BCUT2D eigenvalue weighted by molar-refractivity contribution is 6.80. The second-order valence-corrected chi connectivity index (χ2v) is 14.1. The number of morpholine rings is 1. The van der Waals surface area contributed by atoms with E-state index in [1.165, 1.54) is 22.5 Å². The molecular formula is C31H38FNO4Si. The Morgan fingerprint density at radius 2 is 1.53 bits per heavy atom. The molecule has 202 valence electrons. The standard InChI is InChI=1S/C31H38FNO4Si/c1-30(2,3)26(20-36-38(24-12-8-6-9-13-24)25-14-10-7-11-15-25)27(22-16-18-23(32)19-17-22)33-21-31(4,5)37-29(35)28(33)34/h6-19,26-27,29,35,38H,20-21H2,1-5H3/t26-,27-,29?/m0/s1. The van der Waals surface area contributed by atoms with Gasteiger partial charge in [-0.15, -0.1) is 0 Å². The lowest BCUT2D eigenvalue weighted by Crippen LogP contribution is -2.59. The highest BCUT2D eigenvalue weighted by atomic mass is 28.3. The maximum absolute atomic E-state index is 14.0. The highest BCUT2D eigenvalue weighted by Crippen LogP contribution is 2.42. The van der Waals surface area contributed by atoms with Gasteiger partial charge in [0.05, 0.1) is 18.2 Å². The van der Waals surface area contributed by atoms with Crippen LogP contribution in [0, 0.1) is 17.2 Å². The van der Waals surface area contributed by atoms with E-state index in [-0.39, 0.29) is 23.7 Å². The maximum Gasteiger partial charge on any atom is 0.280 e. The fourth-order valence-electron chi connectivity index (χ4n) is 5.20. The van der Waals surface area contributed by atoms with E-state index in [4.69, 9.17) is 9.16 Å². The van der Waals surface area contributed by atoms with Crippen LogP contribution in [0.25, 0.3) is 0 Å². The first kappa shape index (κ1) is 28.2. The average molecular weight is 536 g/mol. The minimum Gasteiger partial charge on any atom is -0.411 e. The van der Waals surface area contributed by atoms with Gasteiger partial charge in [0, 0.05) is 12.5 Å². The van der Waals surface area contributed by atoms with Crippen molar-refractivity contribution in [3.05, 3.63) is 96.3 Å². The van der Waals surface area contributed by atoms with Crippen LogP contribution >= 0.6 is 0 Å². The SMILES string of the molecule is CC1(C)CN([C@@H](c2ccc(F)cc2)[C@H](CO[SiH](c2ccccc2)c2ccccc2)C(C)(C)C)C(=O)C(O)O1. The Balaban J connectivity index is 1.75. The van der Waals surface area contributed by atoms with Gasteiger partial charge < -0.3 is 19.2 Å². The molecule has 1 amide bonds. The summed E-state index contributed by atoms with van der Waals surface area (Å²) < 4.78 is 26.4. The molecule has 3 atom stereocenters. The van der Waals surface area contributed by atoms with Crippen molar-refractivity contribution in [1.29, 1.82) is 0 Å². The second kappa shape index (κ2) is 11.5. The van der Waals surface area contributed by atoms with Crippen molar-refractivity contribution in [1.82, 2.24) is 4.90 Å². The summed E-state index contributed by atoms with van der Waals surface area (Å²) in [6.45, 7) is 10.8. The van der Waals surface area contributed by atoms with Crippen LogP contribution in [-0.2, 0) is 14.0 Å². The Labute approximate surface area is 226 Å². The molecule has 3 aromatic carbocycles. The van der Waals surface area contributed by atoms with Crippen LogP contribution in [0.1, 0.15) is 46.2 Å². The van der Waals surface area contributed by atoms with Crippen molar-refractivity contribution in [3.63, 3.8) is 0 Å². The number of nitrogens with zero attached hydrogens (tertiary/aromatic N) is 1. The first-order valence-electron chi connectivity index (χ1n) is 13.1. The molecular weight excluding hydrogens is 497 g/mol. The number of rotatable bonds is 8. The van der Waals surface area contributed by atoms with Crippen molar-refractivity contribution in [2.45, 2.75) is 52.6 Å². The van der Waals surface area contributed by atoms with E-state index in [1.807, 2.05) is 50.2 Å². The molecule has 4 rings (SSSR count). The van der Waals surface area contributed by atoms with Crippen molar-refractivity contribution in [2.24, 2.45) is 11.3 Å². The molecule has 1 unspecified atom stereocenters. The van der Waals surface area contributed by atoms with Crippen LogP contribution in [0.3, 0.4) is 0 Å². The summed E-state index contributed by atoms with van der Waals surface area (Å²) in [5.41, 5.74) is -0.245. The smallest absolute Gasteiger partial charge is 0.280 e. The average Bonchev–Trinajstić information content (AvgIpc) is 2.87. The molecule has 1 aliphatic rings. The van der Waals surface area contributed by atoms with Gasteiger partial charge in [-0.25, -0.2) is 4.39 Å². The van der Waals surface area contributed by atoms with Crippen LogP contribution in [0.2, 0.25) is 0 Å². The van der Waals surface area contributed by atoms with Gasteiger partial charge in [-0.2, -0.15) is 0 Å². The molecule has 1 heterocycles. The second-order valence-electron chi connectivity index (χ2n) is 11.7. The van der Waals surface area contributed by atoms with E-state index in [1.54, 1.807) is 17.0 Å². The normalized spacial score (nSPS) is 19.4. The number of benzene rings is 3. The molecule has 0 saturated carbocycles. The molecule has 0 aliphatic carbocycles. The first-order valence-corrected chi connectivity index (χ1v) is 14.7. The van der Waals surface area contributed by atoms with Gasteiger partial charge >= 0.3 is 0 Å². The summed E-state index contributed by atoms with van der Waals surface area (Å²) in [4.78, 5) is 15.0. The summed E-state index contributed by atoms with van der Waals surface area (Å²) in [5, 5.41) is 12.9. The van der Waals surface area contributed by atoms with Crippen LogP contribution in [-0.4, -0.2) is 50.0 Å². The first-order chi connectivity index (χ1) is 18.0. The molecule has 7 heteroatoms. The fraction of sp³-hybridized carbons (Fsp3) is 0.387. The lowest BCUT2D eigenvalue weighted by molar-refractivity contribution is -0.227. The molecule has 1 saturated heterocycles. The Morgan fingerprint density at radius 3 is 2.03 bits per heavy atom. The van der Waals surface area contributed by atoms with E-state index in [0.29, 0.717) is 6.61 Å². The predicted molar refractivity (Wildman–Crippen MR) is 150 cm³/mol. The summed E-state index contributed by atoms with van der Waals surface area (Å²) in [5.74, 6) is -1.00. The Morgan fingerprint density at radius 1 is 1.00 bits per heavy atom. The van der Waals surface area contributed by atoms with Gasteiger partial charge in [-0.1, -0.05) is 93.6 Å². The number of halogens is 1. The van der Waals surface area contributed by atoms with E-state index < -0.39 is 32.9 Å². The van der Waals surface area contributed by atoms with Crippen LogP contribution in [0.5, 0.6) is 0 Å². The molecule has 0 bridgehead atoms. The van der Waals surface area contributed by atoms with Crippen LogP contribution in [0.4, 0.5) is 4.39 Å². The summed E-state index contributed by atoms with van der Waals surface area (Å²) in [6.07, 6.45) is -1.56. The minimum atomic E-state index is -2.06. The molecule has 0 radical (unpaired) electrons. The quantitative estimate of drug-likeness (QED) is 0.443. The van der Waals surface area contributed by atoms with Crippen molar-refractivity contribution >= 4 is 25.3 Å². The number of hydrogen-bond acceptors (Lipinski definition) is 4. The molecule has 3 aromatic rings. The number of aliphatic hydroxyl groups excluding tert-OH is 1. The topological polar surface area (TPSA) is 59.0 Å². The molecule has 0 spiro atoms. The third-order valence-corrected chi connectivity index (χ3v) is 9.67. The van der Waals surface area contributed by atoms with Crippen molar-refractivity contribution < 1.29 is 23.5 Å². The van der Waals surface area contributed by atoms with Gasteiger partial charge in [0.25, 0.3) is 5.91 Å². The Bertz CT molecular complexity index is 1160. The number of amides is 1. The van der Waals surface area contributed by atoms with Crippen LogP contribution in [0.15, 0.2) is 84.9 Å². The monoisotopic (exact) mass is 535 g/mol. The Hall–Kier alpha value is -2.84. The van der Waals surface area contributed by atoms with E-state index in [0.717, 1.165) is 5.56 Å². The van der Waals surface area contributed by atoms with Crippen molar-refractivity contribution in [2.75, 3.05) is 13.2 Å². The van der Waals surface area contributed by atoms with Crippen LogP contribution < -0.4 is 10.4 Å². The predicted octanol–water partition coefficient (Wildman–Crippen LogP) is 4.04. The Kier molecular flexibility index (Phi) is 8.52. The zero-order valence-corrected chi connectivity index (χ0v) is 24.0. The molecule has 0 aromatic heterocycles. The van der Waals surface area contributed by atoms with E-state index in [2.05, 4.69) is 45.0 Å². The summed E-state index contributed by atoms with van der Waals surface area (Å²) in [7, 11) is -2.06. The summed E-state index contributed by atoms with van der Waals surface area (Å²) in [6, 6.07) is 26.4. The zero-order chi connectivity index (χ0) is 27.5. The lowest BCUT2D eigenvalue weighted by Gasteiger charge is -2.49. The molecule has 1 fully saturated rings. The largest absolute Gasteiger partial charge is 0.411 e. The number of hydrogen-bond donors (Lipinski definition) is 1. The molecule has 5 nitrogen and oxygen atoms in total. The van der Waals surface area contributed by atoms with E-state index >= 15 is 0 Å². The highest BCUT2D eigenvalue weighted by Gasteiger charge is 2.46. The van der Waals surface area contributed by atoms with Gasteiger partial charge in [0.15, 0.2) is 0 Å². The number of ether oxygens (including phenoxy) is 1. The minimum absolute atomic E-state index is 0.166. The van der Waals surface area contributed by atoms with E-state index in [9.17, 15) is 14.3 Å². The third-order valence-electron chi connectivity index (χ3n) is 7.16.